The van der Waals surface area contributed by atoms with Crippen LogP contribution in [0, 0.1) is 68.0 Å². The Bertz CT molecular complexity index is 2100. The number of allylic oxidation sites excluding steroid dienone is 5. The average molecular weight is 869 g/mol. The summed E-state index contributed by atoms with van der Waals surface area (Å²) in [5.74, 6) is 4.21. The monoisotopic (exact) mass is 869 g/mol. The Kier molecular flexibility index (Phi) is 11.2. The lowest BCUT2D eigenvalue weighted by Crippen LogP contribution is -2.68. The molecule has 7 nitrogen and oxygen atoms in total. The molecule has 8 aliphatic carbocycles. The zero-order chi connectivity index (χ0) is 44.1. The van der Waals surface area contributed by atoms with Crippen molar-refractivity contribution in [2.45, 2.75) is 168 Å². The van der Waals surface area contributed by atoms with Gasteiger partial charge in [0.2, 0.25) is 5.88 Å². The van der Waals surface area contributed by atoms with E-state index in [0.717, 1.165) is 45.1 Å². The predicted octanol–water partition coefficient (Wildman–Crippen LogP) is 11.6. The molecule has 8 heteroatoms. The van der Waals surface area contributed by atoms with Gasteiger partial charge in [0.15, 0.2) is 0 Å². The quantitative estimate of drug-likeness (QED) is 0.165. The van der Waals surface area contributed by atoms with Gasteiger partial charge in [-0.2, -0.15) is 0 Å². The van der Waals surface area contributed by atoms with Crippen molar-refractivity contribution in [1.29, 1.82) is 0 Å². The van der Waals surface area contributed by atoms with E-state index in [1.54, 1.807) is 6.20 Å². The van der Waals surface area contributed by atoms with E-state index in [9.17, 15) is 13.2 Å². The normalized spacial score (nSPS) is 44.2. The first-order valence-electron chi connectivity index (χ1n) is 25.0. The van der Waals surface area contributed by atoms with Crippen LogP contribution in [0.4, 0.5) is 0 Å². The van der Waals surface area contributed by atoms with Gasteiger partial charge in [-0.1, -0.05) is 65.0 Å². The third-order valence-electron chi connectivity index (χ3n) is 21.0. The molecule has 8 aliphatic rings. The Morgan fingerprint density at radius 2 is 1.73 bits per heavy atom. The van der Waals surface area contributed by atoms with E-state index >= 15 is 0 Å². The minimum atomic E-state index is -2.94. The van der Waals surface area contributed by atoms with Crippen molar-refractivity contribution in [2.75, 3.05) is 26.0 Å². The van der Waals surface area contributed by atoms with Crippen LogP contribution in [-0.2, 0) is 19.4 Å². The molecule has 9 rings (SSSR count). The highest BCUT2D eigenvalue weighted by Gasteiger charge is 2.70. The third kappa shape index (κ3) is 6.97. The molecule has 1 heterocycles. The number of aromatic nitrogens is 1. The zero-order valence-corrected chi connectivity index (χ0v) is 40.6. The van der Waals surface area contributed by atoms with E-state index in [1.807, 2.05) is 25.1 Å². The standard InChI is InChI=1S/C54H80N2O5S/c1-10-60-47(57)53(35-61-45-13-11-12-31-55-45)24-16-37(17-25-53)41-20-22-49(6)43(48(41,4)5)21-23-51(8)44(49)15-14-42-46-40(36(2)3)19-27-54(46,29-28-50(42,51)7)56-32-30-52-26-18-39(62(9,58)59)33-38(52)34-52/h11-13,16,20,31,38-40,42-44,46,56H,2,10,14-15,17-19,21-30,32-35H2,1,3-9H3/t38?,39-,40+,42-,43+,44-,46-,49+,50-,51-,52+,53?,54+/m1/s1. The van der Waals surface area contributed by atoms with Crippen LogP contribution in [0.25, 0.3) is 0 Å². The van der Waals surface area contributed by atoms with Crippen molar-refractivity contribution in [3.05, 3.63) is 59.8 Å². The molecule has 342 valence electrons. The maximum atomic E-state index is 13.6. The summed E-state index contributed by atoms with van der Waals surface area (Å²) in [5, 5.41) is 4.26. The Hall–Kier alpha value is -2.45. The van der Waals surface area contributed by atoms with Gasteiger partial charge in [0.05, 0.1) is 11.9 Å². The smallest absolute Gasteiger partial charge is 0.315 e. The van der Waals surface area contributed by atoms with E-state index in [0.29, 0.717) is 59.8 Å². The van der Waals surface area contributed by atoms with Gasteiger partial charge in [0.1, 0.15) is 21.9 Å². The molecule has 0 saturated heterocycles. The summed E-state index contributed by atoms with van der Waals surface area (Å²) in [5.41, 5.74) is 5.07. The largest absolute Gasteiger partial charge is 0.476 e. The van der Waals surface area contributed by atoms with Gasteiger partial charge in [-0.3, -0.25) is 4.79 Å². The van der Waals surface area contributed by atoms with Crippen molar-refractivity contribution in [2.24, 2.45) is 68.0 Å². The van der Waals surface area contributed by atoms with Crippen LogP contribution in [0.15, 0.2) is 59.8 Å². The minimum Gasteiger partial charge on any atom is -0.476 e. The average Bonchev–Trinajstić information content (AvgIpc) is 3.82. The molecular weight excluding hydrogens is 789 g/mol. The molecule has 6 saturated carbocycles. The molecule has 62 heavy (non-hydrogen) atoms. The summed E-state index contributed by atoms with van der Waals surface area (Å²) >= 11 is 0. The van der Waals surface area contributed by atoms with Gasteiger partial charge in [-0.25, -0.2) is 13.4 Å². The molecule has 0 aliphatic heterocycles. The second-order valence-corrected chi connectivity index (χ2v) is 26.3. The van der Waals surface area contributed by atoms with Gasteiger partial charge in [-0.05, 0) is 209 Å². The van der Waals surface area contributed by atoms with Crippen LogP contribution in [0.3, 0.4) is 0 Å². The number of nitrogens with zero attached hydrogens (tertiary/aromatic N) is 1. The van der Waals surface area contributed by atoms with E-state index in [2.05, 4.69) is 70.6 Å². The number of carbonyl (C=O) groups excluding carboxylic acids is 1. The highest BCUT2D eigenvalue weighted by Crippen LogP contribution is 2.77. The van der Waals surface area contributed by atoms with Crippen molar-refractivity contribution in [3.8, 4) is 5.88 Å². The number of sulfone groups is 1. The molecule has 13 atom stereocenters. The van der Waals surface area contributed by atoms with Crippen molar-refractivity contribution >= 4 is 15.8 Å². The first-order valence-corrected chi connectivity index (χ1v) is 26.9. The summed E-state index contributed by atoms with van der Waals surface area (Å²) in [6.45, 7) is 23.9. The number of rotatable bonds is 12. The predicted molar refractivity (Wildman–Crippen MR) is 249 cm³/mol. The highest BCUT2D eigenvalue weighted by molar-refractivity contribution is 7.91. The molecule has 0 amide bonds. The van der Waals surface area contributed by atoms with Crippen molar-refractivity contribution in [1.82, 2.24) is 10.3 Å². The van der Waals surface area contributed by atoms with Gasteiger partial charge in [-0.15, -0.1) is 0 Å². The van der Waals surface area contributed by atoms with Crippen LogP contribution in [0.5, 0.6) is 5.88 Å². The summed E-state index contributed by atoms with van der Waals surface area (Å²) in [7, 11) is -2.94. The summed E-state index contributed by atoms with van der Waals surface area (Å²) < 4.78 is 36.6. The van der Waals surface area contributed by atoms with E-state index in [-0.39, 0.29) is 45.0 Å². The number of ether oxygens (including phenoxy) is 2. The lowest BCUT2D eigenvalue weighted by molar-refractivity contribution is -0.221. The molecule has 0 aromatic carbocycles. The second-order valence-electron chi connectivity index (χ2n) is 23.9. The summed E-state index contributed by atoms with van der Waals surface area (Å²) in [4.78, 5) is 17.9. The van der Waals surface area contributed by atoms with Gasteiger partial charge in [0.25, 0.3) is 0 Å². The molecule has 1 aromatic heterocycles. The van der Waals surface area contributed by atoms with Crippen LogP contribution in [0.2, 0.25) is 0 Å². The SMILES string of the molecule is C=C(C)[C@@H]1CC[C@]2(NCC[C@]34CC[C@@H](S(C)(=O)=O)CC3C4)CC[C@]3(C)[C@H](CC[C@@H]4[C@@]5(C)CC=C(C6=CCC(COc7ccccn7)(C(=O)OCC)CC6)C(C)(C)[C@@H]5CC[C@]43C)[C@@H]12. The van der Waals surface area contributed by atoms with E-state index in [4.69, 9.17) is 9.47 Å². The first kappa shape index (κ1) is 44.7. The summed E-state index contributed by atoms with van der Waals surface area (Å²) in [6, 6.07) is 5.65. The molecule has 1 N–H and O–H groups in total. The van der Waals surface area contributed by atoms with Gasteiger partial charge < -0.3 is 14.8 Å². The fourth-order valence-corrected chi connectivity index (χ4v) is 18.5. The van der Waals surface area contributed by atoms with Crippen molar-refractivity contribution in [3.63, 3.8) is 0 Å². The van der Waals surface area contributed by atoms with Crippen molar-refractivity contribution < 1.29 is 22.7 Å². The van der Waals surface area contributed by atoms with Crippen LogP contribution >= 0.6 is 0 Å². The Morgan fingerprint density at radius 3 is 2.40 bits per heavy atom. The molecule has 0 bridgehead atoms. The molecule has 1 aromatic rings. The molecule has 0 spiro atoms. The Morgan fingerprint density at radius 1 is 0.919 bits per heavy atom. The topological polar surface area (TPSA) is 94.6 Å². The molecule has 0 radical (unpaired) electrons. The second kappa shape index (κ2) is 15.6. The van der Waals surface area contributed by atoms with Gasteiger partial charge >= 0.3 is 5.97 Å². The zero-order valence-electron chi connectivity index (χ0n) is 39.8. The van der Waals surface area contributed by atoms with Crippen LogP contribution in [-0.4, -0.2) is 56.2 Å². The third-order valence-corrected chi connectivity index (χ3v) is 22.7. The lowest BCUT2D eigenvalue weighted by Gasteiger charge is -2.72. The van der Waals surface area contributed by atoms with E-state index < -0.39 is 15.3 Å². The number of nitrogens with one attached hydrogen (secondary N) is 1. The van der Waals surface area contributed by atoms with E-state index in [1.165, 1.54) is 87.2 Å². The van der Waals surface area contributed by atoms with Crippen LogP contribution in [0.1, 0.15) is 158 Å². The Balaban J connectivity index is 0.926. The molecule has 2 unspecified atom stereocenters. The number of fused-ring (bicyclic) bond motifs is 8. The number of esters is 1. The lowest BCUT2D eigenvalue weighted by atomic mass is 9.33. The fraction of sp³-hybridized carbons (Fsp3) is 0.778. The maximum Gasteiger partial charge on any atom is 0.315 e. The number of hydrogen-bond acceptors (Lipinski definition) is 7. The molecule has 6 fully saturated rings. The maximum absolute atomic E-state index is 13.6. The fourth-order valence-electron chi connectivity index (χ4n) is 17.4. The number of pyridine rings is 1. The summed E-state index contributed by atoms with van der Waals surface area (Å²) in [6.07, 6.45) is 27.2. The minimum absolute atomic E-state index is 0.0402. The first-order chi connectivity index (χ1) is 29.3. The number of hydrogen-bond donors (Lipinski definition) is 1. The Labute approximate surface area is 375 Å². The van der Waals surface area contributed by atoms with Crippen LogP contribution < -0.4 is 10.1 Å². The highest BCUT2D eigenvalue weighted by atomic mass is 32.2. The number of carbonyl (C=O) groups is 1. The molecular formula is C54H80N2O5S. The van der Waals surface area contributed by atoms with Gasteiger partial charge in [0, 0.05) is 24.1 Å².